The number of rotatable bonds is 4. The molecule has 1 atom stereocenters. The average Bonchev–Trinajstić information content (AvgIpc) is 2.42. The number of carbonyl (C=O) groups is 1. The molecular formula is C15H17N3O. The van der Waals surface area contributed by atoms with E-state index in [2.05, 4.69) is 10.3 Å². The number of carbonyl (C=O) groups excluding carboxylic acids is 1. The van der Waals surface area contributed by atoms with Gasteiger partial charge in [-0.1, -0.05) is 18.2 Å². The summed E-state index contributed by atoms with van der Waals surface area (Å²) in [5, 5.41) is 2.93. The minimum Gasteiger partial charge on any atom is -0.399 e. The average molecular weight is 255 g/mol. The highest BCUT2D eigenvalue weighted by atomic mass is 16.1. The number of nitrogens with one attached hydrogen (secondary N) is 1. The molecule has 0 aliphatic rings. The van der Waals surface area contributed by atoms with Gasteiger partial charge in [-0.2, -0.15) is 0 Å². The van der Waals surface area contributed by atoms with Crippen molar-refractivity contribution in [1.82, 2.24) is 10.3 Å². The van der Waals surface area contributed by atoms with Gasteiger partial charge in [-0.15, -0.1) is 0 Å². The fraction of sp³-hybridized carbons (Fsp3) is 0.200. The summed E-state index contributed by atoms with van der Waals surface area (Å²) in [5.41, 5.74) is 8.10. The van der Waals surface area contributed by atoms with E-state index in [9.17, 15) is 4.79 Å². The largest absolute Gasteiger partial charge is 0.399 e. The molecule has 4 heteroatoms. The van der Waals surface area contributed by atoms with Crippen LogP contribution in [0.4, 0.5) is 5.69 Å². The van der Waals surface area contributed by atoms with E-state index in [1.807, 2.05) is 37.3 Å². The Kier molecular flexibility index (Phi) is 4.13. The van der Waals surface area contributed by atoms with Crippen LogP contribution in [0, 0.1) is 0 Å². The monoisotopic (exact) mass is 255 g/mol. The van der Waals surface area contributed by atoms with Crippen LogP contribution in [0.25, 0.3) is 0 Å². The molecule has 0 bridgehead atoms. The van der Waals surface area contributed by atoms with Crippen LogP contribution in [-0.4, -0.2) is 10.9 Å². The lowest BCUT2D eigenvalue weighted by Crippen LogP contribution is -2.28. The van der Waals surface area contributed by atoms with E-state index in [1.165, 1.54) is 0 Å². The molecule has 0 fully saturated rings. The number of amides is 1. The number of benzene rings is 1. The molecule has 2 rings (SSSR count). The molecule has 1 aromatic heterocycles. The Labute approximate surface area is 112 Å². The van der Waals surface area contributed by atoms with Crippen molar-refractivity contribution in [3.05, 3.63) is 59.9 Å². The number of aromatic nitrogens is 1. The predicted molar refractivity (Wildman–Crippen MR) is 75.4 cm³/mol. The van der Waals surface area contributed by atoms with E-state index in [-0.39, 0.29) is 11.9 Å². The molecule has 1 heterocycles. The number of nitrogen functional groups attached to an aromatic ring is 1. The van der Waals surface area contributed by atoms with Gasteiger partial charge in [0.15, 0.2) is 0 Å². The van der Waals surface area contributed by atoms with Crippen LogP contribution < -0.4 is 11.1 Å². The SMILES string of the molecule is CC(NC(=O)Cc1ccc(N)cc1)c1ccccn1. The number of anilines is 1. The molecule has 2 aromatic rings. The van der Waals surface area contributed by atoms with Gasteiger partial charge in [0.05, 0.1) is 18.2 Å². The molecule has 98 valence electrons. The summed E-state index contributed by atoms with van der Waals surface area (Å²) in [6.45, 7) is 1.92. The molecule has 1 aromatic carbocycles. The molecule has 0 aliphatic carbocycles. The summed E-state index contributed by atoms with van der Waals surface area (Å²) < 4.78 is 0. The summed E-state index contributed by atoms with van der Waals surface area (Å²) in [5.74, 6) is -0.0251. The number of hydrogen-bond acceptors (Lipinski definition) is 3. The second-order valence-corrected chi connectivity index (χ2v) is 4.46. The van der Waals surface area contributed by atoms with Crippen LogP contribution in [0.5, 0.6) is 0 Å². The molecule has 0 saturated carbocycles. The highest BCUT2D eigenvalue weighted by Crippen LogP contribution is 2.10. The van der Waals surface area contributed by atoms with Gasteiger partial charge in [-0.05, 0) is 36.8 Å². The van der Waals surface area contributed by atoms with E-state index in [1.54, 1.807) is 18.3 Å². The maximum atomic E-state index is 11.9. The van der Waals surface area contributed by atoms with Crippen LogP contribution >= 0.6 is 0 Å². The molecule has 1 unspecified atom stereocenters. The van der Waals surface area contributed by atoms with Crippen LogP contribution in [0.2, 0.25) is 0 Å². The molecule has 0 radical (unpaired) electrons. The fourth-order valence-corrected chi connectivity index (χ4v) is 1.82. The van der Waals surface area contributed by atoms with Crippen molar-refractivity contribution in [2.24, 2.45) is 0 Å². The molecule has 0 aliphatic heterocycles. The third-order valence-corrected chi connectivity index (χ3v) is 2.85. The Morgan fingerprint density at radius 3 is 2.63 bits per heavy atom. The van der Waals surface area contributed by atoms with Crippen LogP contribution in [-0.2, 0) is 11.2 Å². The molecule has 0 saturated heterocycles. The van der Waals surface area contributed by atoms with Gasteiger partial charge >= 0.3 is 0 Å². The Bertz CT molecular complexity index is 537. The Balaban J connectivity index is 1.93. The first-order valence-electron chi connectivity index (χ1n) is 6.20. The number of nitrogens with two attached hydrogens (primary N) is 1. The molecule has 19 heavy (non-hydrogen) atoms. The van der Waals surface area contributed by atoms with Gasteiger partial charge in [0.25, 0.3) is 0 Å². The highest BCUT2D eigenvalue weighted by Gasteiger charge is 2.10. The lowest BCUT2D eigenvalue weighted by molar-refractivity contribution is -0.121. The van der Waals surface area contributed by atoms with E-state index in [0.717, 1.165) is 11.3 Å². The first-order valence-corrected chi connectivity index (χ1v) is 6.20. The minimum absolute atomic E-state index is 0.0251. The summed E-state index contributed by atoms with van der Waals surface area (Å²) in [4.78, 5) is 16.1. The first-order chi connectivity index (χ1) is 9.15. The van der Waals surface area contributed by atoms with Crippen molar-refractivity contribution in [2.75, 3.05) is 5.73 Å². The predicted octanol–water partition coefficient (Wildman–Crippen LogP) is 2.08. The van der Waals surface area contributed by atoms with Gasteiger partial charge in [0, 0.05) is 11.9 Å². The van der Waals surface area contributed by atoms with E-state index in [0.29, 0.717) is 12.1 Å². The topological polar surface area (TPSA) is 68.0 Å². The van der Waals surface area contributed by atoms with Crippen molar-refractivity contribution >= 4 is 11.6 Å². The van der Waals surface area contributed by atoms with Gasteiger partial charge in [-0.25, -0.2) is 0 Å². The molecular weight excluding hydrogens is 238 g/mol. The summed E-state index contributed by atoms with van der Waals surface area (Å²) >= 11 is 0. The van der Waals surface area contributed by atoms with Crippen molar-refractivity contribution in [1.29, 1.82) is 0 Å². The fourth-order valence-electron chi connectivity index (χ4n) is 1.82. The zero-order chi connectivity index (χ0) is 13.7. The van der Waals surface area contributed by atoms with Crippen molar-refractivity contribution in [3.63, 3.8) is 0 Å². The standard InChI is InChI=1S/C15H17N3O/c1-11(14-4-2-3-9-17-14)18-15(19)10-12-5-7-13(16)8-6-12/h2-9,11H,10,16H2,1H3,(H,18,19). The zero-order valence-corrected chi connectivity index (χ0v) is 10.8. The van der Waals surface area contributed by atoms with Gasteiger partial charge in [-0.3, -0.25) is 9.78 Å². The summed E-state index contributed by atoms with van der Waals surface area (Å²) in [6, 6.07) is 12.9. The zero-order valence-electron chi connectivity index (χ0n) is 10.8. The van der Waals surface area contributed by atoms with E-state index < -0.39 is 0 Å². The second-order valence-electron chi connectivity index (χ2n) is 4.46. The van der Waals surface area contributed by atoms with E-state index >= 15 is 0 Å². The van der Waals surface area contributed by atoms with Crippen molar-refractivity contribution in [3.8, 4) is 0 Å². The normalized spacial score (nSPS) is 11.8. The quantitative estimate of drug-likeness (QED) is 0.822. The Morgan fingerprint density at radius 2 is 2.00 bits per heavy atom. The molecule has 1 amide bonds. The summed E-state index contributed by atoms with van der Waals surface area (Å²) in [6.07, 6.45) is 2.06. The smallest absolute Gasteiger partial charge is 0.224 e. The lowest BCUT2D eigenvalue weighted by atomic mass is 10.1. The van der Waals surface area contributed by atoms with Crippen molar-refractivity contribution in [2.45, 2.75) is 19.4 Å². The third kappa shape index (κ3) is 3.81. The maximum absolute atomic E-state index is 11.9. The Hall–Kier alpha value is -2.36. The van der Waals surface area contributed by atoms with Gasteiger partial charge in [0.2, 0.25) is 5.91 Å². The molecule has 3 N–H and O–H groups in total. The number of hydrogen-bond donors (Lipinski definition) is 2. The molecule has 0 spiro atoms. The lowest BCUT2D eigenvalue weighted by Gasteiger charge is -2.13. The number of nitrogens with zero attached hydrogens (tertiary/aromatic N) is 1. The Morgan fingerprint density at radius 1 is 1.26 bits per heavy atom. The third-order valence-electron chi connectivity index (χ3n) is 2.85. The maximum Gasteiger partial charge on any atom is 0.224 e. The second kappa shape index (κ2) is 6.00. The number of pyridine rings is 1. The van der Waals surface area contributed by atoms with Crippen molar-refractivity contribution < 1.29 is 4.79 Å². The van der Waals surface area contributed by atoms with Gasteiger partial charge < -0.3 is 11.1 Å². The summed E-state index contributed by atoms with van der Waals surface area (Å²) in [7, 11) is 0. The van der Waals surface area contributed by atoms with Gasteiger partial charge in [0.1, 0.15) is 0 Å². The van der Waals surface area contributed by atoms with Crippen LogP contribution in [0.3, 0.4) is 0 Å². The minimum atomic E-state index is -0.0949. The van der Waals surface area contributed by atoms with Crippen LogP contribution in [0.15, 0.2) is 48.7 Å². The first kappa shape index (κ1) is 13.1. The van der Waals surface area contributed by atoms with E-state index in [4.69, 9.17) is 5.73 Å². The molecule has 4 nitrogen and oxygen atoms in total. The highest BCUT2D eigenvalue weighted by molar-refractivity contribution is 5.79. The van der Waals surface area contributed by atoms with Crippen LogP contribution in [0.1, 0.15) is 24.2 Å².